The first kappa shape index (κ1) is 17.1. The molecule has 0 bridgehead atoms. The van der Waals surface area contributed by atoms with Crippen molar-refractivity contribution in [2.75, 3.05) is 16.8 Å². The highest BCUT2D eigenvalue weighted by molar-refractivity contribution is 5.94. The highest BCUT2D eigenvalue weighted by atomic mass is 19.4. The average Bonchev–Trinajstić information content (AvgIpc) is 2.84. The largest absolute Gasteiger partial charge is 0.573 e. The molecule has 1 amide bonds. The number of carbonyl (C=O) groups is 1. The Kier molecular flexibility index (Phi) is 4.57. The molecule has 3 rings (SSSR count). The standard InChI is InChI=1S/C18H17F3N2O2/c1-12-10-13-4-2-3-5-16(13)23(12)11-17(24)22-14-6-8-15(9-7-14)25-18(19,20)21/h2-9,12H,10-11H2,1H3,(H,22,24)/t12-/m1/s1. The van der Waals surface area contributed by atoms with E-state index >= 15 is 0 Å². The molecule has 1 aliphatic rings. The van der Waals surface area contributed by atoms with Crippen LogP contribution in [-0.4, -0.2) is 24.9 Å². The molecule has 132 valence electrons. The SMILES string of the molecule is C[C@@H]1Cc2ccccc2N1CC(=O)Nc1ccc(OC(F)(F)F)cc1. The molecule has 0 fully saturated rings. The van der Waals surface area contributed by atoms with Crippen LogP contribution >= 0.6 is 0 Å². The number of fused-ring (bicyclic) bond motifs is 1. The number of nitrogens with zero attached hydrogens (tertiary/aromatic N) is 1. The maximum Gasteiger partial charge on any atom is 0.573 e. The van der Waals surface area contributed by atoms with Crippen LogP contribution in [0.25, 0.3) is 0 Å². The van der Waals surface area contributed by atoms with Crippen LogP contribution in [0.5, 0.6) is 5.75 Å². The monoisotopic (exact) mass is 350 g/mol. The molecule has 0 saturated heterocycles. The van der Waals surface area contributed by atoms with E-state index < -0.39 is 6.36 Å². The third-order valence-electron chi connectivity index (χ3n) is 4.03. The highest BCUT2D eigenvalue weighted by Crippen LogP contribution is 2.31. The van der Waals surface area contributed by atoms with Gasteiger partial charge < -0.3 is 15.0 Å². The Labute approximate surface area is 143 Å². The second-order valence-corrected chi connectivity index (χ2v) is 5.93. The van der Waals surface area contributed by atoms with Crippen LogP contribution in [0.3, 0.4) is 0 Å². The summed E-state index contributed by atoms with van der Waals surface area (Å²) in [4.78, 5) is 14.3. The zero-order valence-corrected chi connectivity index (χ0v) is 13.5. The van der Waals surface area contributed by atoms with Crippen LogP contribution in [0.2, 0.25) is 0 Å². The third-order valence-corrected chi connectivity index (χ3v) is 4.03. The molecule has 1 atom stereocenters. The summed E-state index contributed by atoms with van der Waals surface area (Å²) in [6.07, 6.45) is -3.85. The van der Waals surface area contributed by atoms with Crippen LogP contribution < -0.4 is 15.0 Å². The van der Waals surface area contributed by atoms with E-state index in [0.29, 0.717) is 5.69 Å². The lowest BCUT2D eigenvalue weighted by Gasteiger charge is -2.24. The zero-order valence-electron chi connectivity index (χ0n) is 13.5. The Balaban J connectivity index is 1.61. The Bertz CT molecular complexity index is 760. The number of amides is 1. The third kappa shape index (κ3) is 4.23. The first-order valence-electron chi connectivity index (χ1n) is 7.82. The summed E-state index contributed by atoms with van der Waals surface area (Å²) < 4.78 is 40.2. The minimum Gasteiger partial charge on any atom is -0.406 e. The maximum absolute atomic E-state index is 12.3. The van der Waals surface area contributed by atoms with Gasteiger partial charge >= 0.3 is 6.36 Å². The molecule has 0 aromatic heterocycles. The number of alkyl halides is 3. The van der Waals surface area contributed by atoms with E-state index in [0.717, 1.165) is 24.2 Å². The summed E-state index contributed by atoms with van der Waals surface area (Å²) in [6.45, 7) is 2.23. The molecule has 0 aliphatic carbocycles. The Morgan fingerprint density at radius 2 is 1.88 bits per heavy atom. The van der Waals surface area contributed by atoms with Crippen LogP contribution in [0.4, 0.5) is 24.5 Å². The van der Waals surface area contributed by atoms with Gasteiger partial charge in [0.25, 0.3) is 0 Å². The van der Waals surface area contributed by atoms with Gasteiger partial charge in [0, 0.05) is 17.4 Å². The average molecular weight is 350 g/mol. The van der Waals surface area contributed by atoms with Crippen molar-refractivity contribution in [3.05, 3.63) is 54.1 Å². The molecule has 1 N–H and O–H groups in total. The van der Waals surface area contributed by atoms with Crippen molar-refractivity contribution in [2.45, 2.75) is 25.7 Å². The summed E-state index contributed by atoms with van der Waals surface area (Å²) in [5.41, 5.74) is 2.66. The lowest BCUT2D eigenvalue weighted by Crippen LogP contribution is -2.37. The quantitative estimate of drug-likeness (QED) is 0.907. The Hall–Kier alpha value is -2.70. The molecule has 0 unspecified atom stereocenters. The molecule has 0 spiro atoms. The molecular formula is C18H17F3N2O2. The van der Waals surface area contributed by atoms with Crippen molar-refractivity contribution < 1.29 is 22.7 Å². The summed E-state index contributed by atoms with van der Waals surface area (Å²) >= 11 is 0. The first-order chi connectivity index (χ1) is 11.8. The predicted octanol–water partition coefficient (Wildman–Crippen LogP) is 3.97. The fourth-order valence-corrected chi connectivity index (χ4v) is 2.97. The number of hydrogen-bond donors (Lipinski definition) is 1. The fraction of sp³-hybridized carbons (Fsp3) is 0.278. The van der Waals surface area contributed by atoms with Gasteiger partial charge in [-0.15, -0.1) is 13.2 Å². The zero-order chi connectivity index (χ0) is 18.0. The van der Waals surface area contributed by atoms with Gasteiger partial charge in [0.1, 0.15) is 5.75 Å². The number of carbonyl (C=O) groups excluding carboxylic acids is 1. The van der Waals surface area contributed by atoms with Crippen molar-refractivity contribution in [2.24, 2.45) is 0 Å². The predicted molar refractivity (Wildman–Crippen MR) is 88.7 cm³/mol. The smallest absolute Gasteiger partial charge is 0.406 e. The number of hydrogen-bond acceptors (Lipinski definition) is 3. The van der Waals surface area contributed by atoms with Crippen LogP contribution in [-0.2, 0) is 11.2 Å². The van der Waals surface area contributed by atoms with Gasteiger partial charge in [-0.05, 0) is 49.2 Å². The molecule has 25 heavy (non-hydrogen) atoms. The molecule has 1 heterocycles. The molecule has 0 radical (unpaired) electrons. The van der Waals surface area contributed by atoms with Crippen molar-refractivity contribution in [3.8, 4) is 5.75 Å². The molecular weight excluding hydrogens is 333 g/mol. The second kappa shape index (κ2) is 6.66. The van der Waals surface area contributed by atoms with Crippen molar-refractivity contribution in [3.63, 3.8) is 0 Å². The fourth-order valence-electron chi connectivity index (χ4n) is 2.97. The normalized spacial score (nSPS) is 16.5. The molecule has 1 aliphatic heterocycles. The summed E-state index contributed by atoms with van der Waals surface area (Å²) in [6, 6.07) is 13.2. The Morgan fingerprint density at radius 1 is 1.20 bits per heavy atom. The van der Waals surface area contributed by atoms with Crippen molar-refractivity contribution in [1.82, 2.24) is 0 Å². The molecule has 4 nitrogen and oxygen atoms in total. The van der Waals surface area contributed by atoms with E-state index in [1.807, 2.05) is 29.2 Å². The maximum atomic E-state index is 12.3. The number of benzene rings is 2. The van der Waals surface area contributed by atoms with E-state index in [4.69, 9.17) is 0 Å². The van der Waals surface area contributed by atoms with Gasteiger partial charge in [0.2, 0.25) is 5.91 Å². The van der Waals surface area contributed by atoms with Gasteiger partial charge in [0.15, 0.2) is 0 Å². The second-order valence-electron chi connectivity index (χ2n) is 5.93. The lowest BCUT2D eigenvalue weighted by atomic mass is 10.1. The summed E-state index contributed by atoms with van der Waals surface area (Å²) in [5.74, 6) is -0.555. The van der Waals surface area contributed by atoms with Gasteiger partial charge in [-0.1, -0.05) is 18.2 Å². The lowest BCUT2D eigenvalue weighted by molar-refractivity contribution is -0.274. The van der Waals surface area contributed by atoms with E-state index in [9.17, 15) is 18.0 Å². The van der Waals surface area contributed by atoms with Crippen molar-refractivity contribution in [1.29, 1.82) is 0 Å². The van der Waals surface area contributed by atoms with Gasteiger partial charge in [-0.2, -0.15) is 0 Å². The number of halogens is 3. The summed E-state index contributed by atoms with van der Waals surface area (Å²) in [7, 11) is 0. The minimum atomic E-state index is -4.73. The highest BCUT2D eigenvalue weighted by Gasteiger charge is 2.31. The van der Waals surface area contributed by atoms with E-state index in [1.165, 1.54) is 17.7 Å². The number of para-hydroxylation sites is 1. The molecule has 2 aromatic carbocycles. The van der Waals surface area contributed by atoms with Crippen LogP contribution in [0, 0.1) is 0 Å². The van der Waals surface area contributed by atoms with Crippen LogP contribution in [0.15, 0.2) is 48.5 Å². The topological polar surface area (TPSA) is 41.6 Å². The van der Waals surface area contributed by atoms with Gasteiger partial charge in [-0.25, -0.2) is 0 Å². The number of ether oxygens (including phenoxy) is 1. The van der Waals surface area contributed by atoms with Gasteiger partial charge in [0.05, 0.1) is 6.54 Å². The van der Waals surface area contributed by atoms with Gasteiger partial charge in [-0.3, -0.25) is 4.79 Å². The van der Waals surface area contributed by atoms with E-state index in [2.05, 4.69) is 17.0 Å². The molecule has 0 saturated carbocycles. The molecule has 2 aromatic rings. The number of nitrogens with one attached hydrogen (secondary N) is 1. The summed E-state index contributed by atoms with van der Waals surface area (Å²) in [5, 5.41) is 2.69. The van der Waals surface area contributed by atoms with Crippen LogP contribution in [0.1, 0.15) is 12.5 Å². The number of rotatable bonds is 4. The van der Waals surface area contributed by atoms with Crippen molar-refractivity contribution >= 4 is 17.3 Å². The minimum absolute atomic E-state index is 0.180. The first-order valence-corrected chi connectivity index (χ1v) is 7.82. The Morgan fingerprint density at radius 3 is 2.56 bits per heavy atom. The van der Waals surface area contributed by atoms with E-state index in [1.54, 1.807) is 0 Å². The molecule has 7 heteroatoms. The van der Waals surface area contributed by atoms with E-state index in [-0.39, 0.29) is 24.2 Å². The number of anilines is 2.